The molecule has 0 bridgehead atoms. The first-order valence-electron chi connectivity index (χ1n) is 34.4. The predicted molar refractivity (Wildman–Crippen MR) is 440 cm³/mol. The van der Waals surface area contributed by atoms with E-state index in [1.54, 1.807) is 41.1 Å². The van der Waals surface area contributed by atoms with Gasteiger partial charge in [0, 0.05) is 97.9 Å². The van der Waals surface area contributed by atoms with E-state index in [0.717, 1.165) is 88.9 Å². The maximum absolute atomic E-state index is 4.44. The molecule has 0 radical (unpaired) electrons. The van der Waals surface area contributed by atoms with Gasteiger partial charge in [-0.25, -0.2) is 9.97 Å². The molecular formula is C85H131N11S2. The van der Waals surface area contributed by atoms with E-state index in [4.69, 9.17) is 0 Å². The number of H-pyrrole nitrogens is 1. The summed E-state index contributed by atoms with van der Waals surface area (Å²) in [6.45, 7) is 91.6. The van der Waals surface area contributed by atoms with Crippen LogP contribution in [-0.2, 0) is 28.7 Å². The molecule has 4 aromatic heterocycles. The van der Waals surface area contributed by atoms with Gasteiger partial charge in [0.1, 0.15) is 5.82 Å². The first-order valence-corrected chi connectivity index (χ1v) is 36.0. The number of rotatable bonds is 7. The Hall–Kier alpha value is -7.09. The van der Waals surface area contributed by atoms with Crippen LogP contribution in [0.25, 0.3) is 12.2 Å². The van der Waals surface area contributed by atoms with Gasteiger partial charge in [0.25, 0.3) is 0 Å². The fraction of sp³-hybridized carbons (Fsp3) is 0.518. The van der Waals surface area contributed by atoms with Gasteiger partial charge in [-0.1, -0.05) is 257 Å². The quantitative estimate of drug-likeness (QED) is 0.197. The summed E-state index contributed by atoms with van der Waals surface area (Å²) in [6.07, 6.45) is 29.3. The Labute approximate surface area is 605 Å². The monoisotopic (exact) mass is 1370 g/mol. The highest BCUT2D eigenvalue weighted by atomic mass is 32.1. The zero-order valence-corrected chi connectivity index (χ0v) is 68.6. The van der Waals surface area contributed by atoms with Crippen molar-refractivity contribution in [2.45, 2.75) is 235 Å². The molecule has 9 heterocycles. The molecule has 0 amide bonds. The third kappa shape index (κ3) is 31.4. The summed E-state index contributed by atoms with van der Waals surface area (Å²) in [5, 5.41) is 8.19. The van der Waals surface area contributed by atoms with E-state index >= 15 is 0 Å². The summed E-state index contributed by atoms with van der Waals surface area (Å²) in [5.41, 5.74) is 18.1. The molecule has 0 saturated heterocycles. The topological polar surface area (TPSA) is 134 Å². The fourth-order valence-corrected chi connectivity index (χ4v) is 10.9. The summed E-state index contributed by atoms with van der Waals surface area (Å²) in [4.78, 5) is 33.0. The number of imidazole rings is 1. The second kappa shape index (κ2) is 37.9. The van der Waals surface area contributed by atoms with Crippen LogP contribution in [-0.4, -0.2) is 77.3 Å². The van der Waals surface area contributed by atoms with Crippen molar-refractivity contribution in [1.82, 2.24) is 29.1 Å². The molecule has 0 atom stereocenters. The molecule has 9 rings (SSSR count). The molecule has 5 aliphatic heterocycles. The van der Waals surface area contributed by atoms with Crippen LogP contribution < -0.4 is 0 Å². The molecule has 538 valence electrons. The Morgan fingerprint density at radius 1 is 0.469 bits per heavy atom. The first kappa shape index (κ1) is 88.9. The predicted octanol–water partition coefficient (Wildman–Crippen LogP) is 23.9. The van der Waals surface area contributed by atoms with Crippen molar-refractivity contribution in [3.05, 3.63) is 203 Å². The van der Waals surface area contributed by atoms with E-state index in [2.05, 4.69) is 324 Å². The smallest absolute Gasteiger partial charge is 0.131 e. The van der Waals surface area contributed by atoms with Gasteiger partial charge in [-0.3, -0.25) is 30.1 Å². The Kier molecular flexibility index (Phi) is 34.4. The largest absolute Gasteiger partial charge is 0.331 e. The lowest BCUT2D eigenvalue weighted by Gasteiger charge is -2.20. The van der Waals surface area contributed by atoms with Crippen molar-refractivity contribution in [3.8, 4) is 0 Å². The number of nitrogens with zero attached hydrogens (tertiary/aromatic N) is 10. The first-order chi connectivity index (χ1) is 44.7. The van der Waals surface area contributed by atoms with E-state index < -0.39 is 0 Å². The highest BCUT2D eigenvalue weighted by molar-refractivity contribution is 7.11. The highest BCUT2D eigenvalue weighted by Gasteiger charge is 2.26. The Morgan fingerprint density at radius 2 is 0.939 bits per heavy atom. The van der Waals surface area contributed by atoms with E-state index in [1.807, 2.05) is 63.7 Å². The number of nitrogens with one attached hydrogen (secondary N) is 1. The maximum Gasteiger partial charge on any atom is 0.131 e. The molecule has 5 aliphatic rings. The molecule has 0 unspecified atom stereocenters. The SMILES string of the molecule is C=CC1=NC(C(C)(C)C)=CC1.C=CC1=NC(C(C)(C)C)=CC1.C=CC1=NCC(C(C)(C)C)=C1.C=CC1=NCC=C1C(C)(C)C.C=CC1=NCC=C1C(C)(C)C.C=Cc1cc(C(C)(C)C)[nH]n1.C=Cc1ncc(C(C)(C)C)n1C.Cc1cc(C(C)(C)C)sn1.Cc1ncc(C(C)(C)C)s1. The van der Waals surface area contributed by atoms with Crippen molar-refractivity contribution in [3.63, 3.8) is 0 Å². The summed E-state index contributed by atoms with van der Waals surface area (Å²) < 4.78 is 6.30. The van der Waals surface area contributed by atoms with Crippen molar-refractivity contribution in [2.75, 3.05) is 19.6 Å². The van der Waals surface area contributed by atoms with Crippen LogP contribution in [0, 0.1) is 40.9 Å². The van der Waals surface area contributed by atoms with E-state index in [1.165, 1.54) is 43.6 Å². The minimum Gasteiger partial charge on any atom is -0.331 e. The summed E-state index contributed by atoms with van der Waals surface area (Å²) in [6, 6.07) is 4.18. The Bertz CT molecular complexity index is 3480. The average Bonchev–Trinajstić information content (AvgIpc) is 1.68. The molecule has 0 aliphatic carbocycles. The van der Waals surface area contributed by atoms with Gasteiger partial charge in [0.05, 0.1) is 53.2 Å². The van der Waals surface area contributed by atoms with Crippen LogP contribution in [0.5, 0.6) is 0 Å². The molecule has 13 heteroatoms. The van der Waals surface area contributed by atoms with Crippen LogP contribution in [0.3, 0.4) is 0 Å². The van der Waals surface area contributed by atoms with Gasteiger partial charge in [0.2, 0.25) is 0 Å². The molecule has 0 aromatic carbocycles. The van der Waals surface area contributed by atoms with Crippen molar-refractivity contribution in [2.24, 2.45) is 59.1 Å². The van der Waals surface area contributed by atoms with Gasteiger partial charge >= 0.3 is 0 Å². The van der Waals surface area contributed by atoms with Gasteiger partial charge < -0.3 is 4.57 Å². The second-order valence-electron chi connectivity index (χ2n) is 33.9. The summed E-state index contributed by atoms with van der Waals surface area (Å²) >= 11 is 3.39. The highest BCUT2D eigenvalue weighted by Crippen LogP contribution is 2.34. The minimum absolute atomic E-state index is 0.147. The summed E-state index contributed by atoms with van der Waals surface area (Å²) in [7, 11) is 2.02. The zero-order chi connectivity index (χ0) is 75.8. The minimum atomic E-state index is 0.147. The Morgan fingerprint density at radius 3 is 1.14 bits per heavy atom. The number of thiazole rings is 1. The van der Waals surface area contributed by atoms with Crippen LogP contribution in [0.2, 0.25) is 0 Å². The van der Waals surface area contributed by atoms with Crippen LogP contribution in [0.15, 0.2) is 184 Å². The number of hydrogen-bond acceptors (Lipinski definition) is 11. The van der Waals surface area contributed by atoms with Gasteiger partial charge in [0.15, 0.2) is 0 Å². The van der Waals surface area contributed by atoms with E-state index in [0.29, 0.717) is 0 Å². The van der Waals surface area contributed by atoms with Crippen LogP contribution in [0.1, 0.15) is 243 Å². The third-order valence-corrected chi connectivity index (χ3v) is 18.1. The molecule has 98 heavy (non-hydrogen) atoms. The number of aromatic amines is 1. The van der Waals surface area contributed by atoms with Gasteiger partial charge in [-0.15, -0.1) is 11.3 Å². The molecule has 11 nitrogen and oxygen atoms in total. The third-order valence-electron chi connectivity index (χ3n) is 15.5. The number of aromatic nitrogens is 6. The number of aryl methyl sites for hydroxylation is 2. The van der Waals surface area contributed by atoms with Crippen LogP contribution in [0.4, 0.5) is 0 Å². The lowest BCUT2D eigenvalue weighted by atomic mass is 9.84. The zero-order valence-electron chi connectivity index (χ0n) is 67.0. The van der Waals surface area contributed by atoms with Crippen LogP contribution >= 0.6 is 22.9 Å². The standard InChI is InChI=1S/C10H16N2.5C10H15N.C9H14N2.2C8H13NS/c1-6-9-11-7-8(12(9)5)10(2,3)4;1-5-9-6-8(7-11-9)10(2,3)4;2*1-5-9-8(6-7-11-9)10(2,3)4;2*1-5-8-6-7-9(11-8)10(2,3)4;1-5-7-6-8(11-10-7)9(2,3)4;1-6-9-5-7(10-6)8(2,3)4;1-6-5-7(10-9-6)8(2,3)4/h6-7H,1H2,2-5H3;3*5-6H,1,7H2,2-4H3;2*5,7H,1,6H2,2-4H3;5-6H,1H2,2-4H3,(H,10,11);2*5H,1-4H3. The van der Waals surface area contributed by atoms with Crippen molar-refractivity contribution in [1.29, 1.82) is 0 Å². The second-order valence-corrected chi connectivity index (χ2v) is 36.0. The fourth-order valence-electron chi connectivity index (χ4n) is 9.26. The molecular weight excluding hydrogens is 1240 g/mol. The van der Waals surface area contributed by atoms with E-state index in [9.17, 15) is 0 Å². The summed E-state index contributed by atoms with van der Waals surface area (Å²) in [5.74, 6) is 0.930. The Balaban J connectivity index is 0.000000551. The average molecular weight is 1370 g/mol. The molecule has 1 N–H and O–H groups in total. The molecule has 0 saturated carbocycles. The maximum atomic E-state index is 4.44. The molecule has 0 fully saturated rings. The number of allylic oxidation sites excluding steroid dienone is 12. The number of hydrogen-bond donors (Lipinski definition) is 1. The van der Waals surface area contributed by atoms with Crippen molar-refractivity contribution < 1.29 is 0 Å². The number of aliphatic imine (C=N–C) groups is 5. The van der Waals surface area contributed by atoms with Crippen molar-refractivity contribution >= 4 is 63.6 Å². The molecule has 4 aromatic rings. The van der Waals surface area contributed by atoms with E-state index in [-0.39, 0.29) is 48.7 Å². The lowest BCUT2D eigenvalue weighted by Crippen LogP contribution is -2.16. The lowest BCUT2D eigenvalue weighted by molar-refractivity contribution is 0.499. The van der Waals surface area contributed by atoms with Gasteiger partial charge in [-0.2, -0.15) is 9.47 Å². The molecule has 0 spiro atoms. The normalized spacial score (nSPS) is 15.1. The van der Waals surface area contributed by atoms with Gasteiger partial charge in [-0.05, 0) is 130 Å².